The van der Waals surface area contributed by atoms with Gasteiger partial charge in [0.2, 0.25) is 10.0 Å². The van der Waals surface area contributed by atoms with Gasteiger partial charge in [-0.3, -0.25) is 0 Å². The lowest BCUT2D eigenvalue weighted by Gasteiger charge is -2.17. The van der Waals surface area contributed by atoms with Gasteiger partial charge >= 0.3 is 0 Å². The monoisotopic (exact) mass is 339 g/mol. The third-order valence-electron chi connectivity index (χ3n) is 2.46. The van der Waals surface area contributed by atoms with Crippen molar-refractivity contribution in [3.8, 4) is 0 Å². The van der Waals surface area contributed by atoms with Crippen LogP contribution in [0, 0.1) is 5.92 Å². The maximum atomic E-state index is 12.0. The molecule has 0 saturated heterocycles. The third kappa shape index (κ3) is 5.07. The van der Waals surface area contributed by atoms with Gasteiger partial charge in [0.15, 0.2) is 0 Å². The number of rotatable bonds is 6. The van der Waals surface area contributed by atoms with E-state index in [1.54, 1.807) is 18.4 Å². The molecule has 0 aliphatic carbocycles. The zero-order valence-electron chi connectivity index (χ0n) is 10.3. The van der Waals surface area contributed by atoms with Crippen molar-refractivity contribution in [3.05, 3.63) is 20.8 Å². The summed E-state index contributed by atoms with van der Waals surface area (Å²) in [6, 6.07) is 1.96. The summed E-state index contributed by atoms with van der Waals surface area (Å²) < 4.78 is 26.4. The Hall–Kier alpha value is 0.0900. The lowest BCUT2D eigenvalue weighted by molar-refractivity contribution is 0.461. The van der Waals surface area contributed by atoms with Crippen LogP contribution in [0.5, 0.6) is 0 Å². The van der Waals surface area contributed by atoms with Gasteiger partial charge < -0.3 is 0 Å². The van der Waals surface area contributed by atoms with Crippen molar-refractivity contribution in [2.45, 2.75) is 26.8 Å². The van der Waals surface area contributed by atoms with Crippen molar-refractivity contribution in [2.75, 3.05) is 12.8 Å². The Morgan fingerprint density at radius 2 is 2.12 bits per heavy atom. The molecule has 0 aliphatic heterocycles. The van der Waals surface area contributed by atoms with E-state index < -0.39 is 10.0 Å². The standard InChI is InChI=1S/C11H18BrNO2S2/c1-9(2)4-5-17(14,15)13(3)7-10-6-11(12)16-8-10/h6,8-9H,4-5,7H2,1-3H3. The Morgan fingerprint density at radius 3 is 2.59 bits per heavy atom. The molecule has 0 aromatic carbocycles. The highest BCUT2D eigenvalue weighted by Gasteiger charge is 2.18. The molecule has 1 aromatic heterocycles. The summed E-state index contributed by atoms with van der Waals surface area (Å²) in [5.41, 5.74) is 1.03. The molecule has 0 unspecified atom stereocenters. The van der Waals surface area contributed by atoms with E-state index in [9.17, 15) is 8.42 Å². The highest BCUT2D eigenvalue weighted by Crippen LogP contribution is 2.22. The van der Waals surface area contributed by atoms with Crippen LogP contribution in [0.2, 0.25) is 0 Å². The van der Waals surface area contributed by atoms with Crippen LogP contribution in [0.15, 0.2) is 15.2 Å². The largest absolute Gasteiger partial charge is 0.214 e. The van der Waals surface area contributed by atoms with E-state index >= 15 is 0 Å². The minimum absolute atomic E-state index is 0.229. The molecule has 1 aromatic rings. The fourth-order valence-corrected chi connectivity index (χ4v) is 3.95. The van der Waals surface area contributed by atoms with Gasteiger partial charge in [-0.25, -0.2) is 12.7 Å². The number of sulfonamides is 1. The minimum Gasteiger partial charge on any atom is -0.212 e. The van der Waals surface area contributed by atoms with E-state index in [1.807, 2.05) is 25.3 Å². The first kappa shape index (κ1) is 15.1. The minimum atomic E-state index is -3.12. The van der Waals surface area contributed by atoms with Crippen molar-refractivity contribution in [1.82, 2.24) is 4.31 Å². The molecular formula is C11H18BrNO2S2. The molecule has 1 heterocycles. The lowest BCUT2D eigenvalue weighted by atomic mass is 10.2. The summed E-state index contributed by atoms with van der Waals surface area (Å²) >= 11 is 4.94. The van der Waals surface area contributed by atoms with E-state index in [-0.39, 0.29) is 5.75 Å². The van der Waals surface area contributed by atoms with Crippen LogP contribution in [0.3, 0.4) is 0 Å². The number of hydrogen-bond acceptors (Lipinski definition) is 3. The van der Waals surface area contributed by atoms with Gasteiger partial charge in [-0.2, -0.15) is 0 Å². The summed E-state index contributed by atoms with van der Waals surface area (Å²) in [6.45, 7) is 4.51. The van der Waals surface area contributed by atoms with Gasteiger partial charge in [-0.15, -0.1) is 11.3 Å². The van der Waals surface area contributed by atoms with Crippen molar-refractivity contribution >= 4 is 37.3 Å². The van der Waals surface area contributed by atoms with Crippen LogP contribution in [-0.2, 0) is 16.6 Å². The third-order valence-corrected chi connectivity index (χ3v) is 5.84. The van der Waals surface area contributed by atoms with Crippen molar-refractivity contribution in [3.63, 3.8) is 0 Å². The zero-order valence-corrected chi connectivity index (χ0v) is 13.5. The van der Waals surface area contributed by atoms with Crippen LogP contribution in [0.25, 0.3) is 0 Å². The molecule has 0 N–H and O–H groups in total. The molecule has 0 amide bonds. The fourth-order valence-electron chi connectivity index (χ4n) is 1.32. The molecule has 17 heavy (non-hydrogen) atoms. The second kappa shape index (κ2) is 6.31. The predicted molar refractivity (Wildman–Crippen MR) is 76.7 cm³/mol. The summed E-state index contributed by atoms with van der Waals surface area (Å²) in [7, 11) is -1.48. The van der Waals surface area contributed by atoms with E-state index in [4.69, 9.17) is 0 Å². The summed E-state index contributed by atoms with van der Waals surface area (Å²) in [5, 5.41) is 1.97. The highest BCUT2D eigenvalue weighted by atomic mass is 79.9. The van der Waals surface area contributed by atoms with E-state index in [0.717, 1.165) is 9.35 Å². The SMILES string of the molecule is CC(C)CCS(=O)(=O)N(C)Cc1csc(Br)c1. The summed E-state index contributed by atoms with van der Waals surface area (Å²) in [6.07, 6.45) is 0.708. The van der Waals surface area contributed by atoms with Gasteiger partial charge in [-0.05, 0) is 45.3 Å². The average molecular weight is 340 g/mol. The molecule has 6 heteroatoms. The van der Waals surface area contributed by atoms with Gasteiger partial charge in [0.1, 0.15) is 0 Å². The molecule has 0 fully saturated rings. The highest BCUT2D eigenvalue weighted by molar-refractivity contribution is 9.11. The lowest BCUT2D eigenvalue weighted by Crippen LogP contribution is -2.29. The smallest absolute Gasteiger partial charge is 0.212 e. The fraction of sp³-hybridized carbons (Fsp3) is 0.636. The first-order valence-corrected chi connectivity index (χ1v) is 8.76. The van der Waals surface area contributed by atoms with Crippen molar-refractivity contribution in [2.24, 2.45) is 5.92 Å². The van der Waals surface area contributed by atoms with Gasteiger partial charge in [-0.1, -0.05) is 13.8 Å². The predicted octanol–water partition coefficient (Wildman–Crippen LogP) is 3.32. The quantitative estimate of drug-likeness (QED) is 0.797. The summed E-state index contributed by atoms with van der Waals surface area (Å²) in [5.74, 6) is 0.639. The van der Waals surface area contributed by atoms with E-state index in [0.29, 0.717) is 18.9 Å². The van der Waals surface area contributed by atoms with Crippen LogP contribution < -0.4 is 0 Å². The van der Waals surface area contributed by atoms with Crippen LogP contribution in [0.4, 0.5) is 0 Å². The van der Waals surface area contributed by atoms with E-state index in [2.05, 4.69) is 15.9 Å². The Kier molecular flexibility index (Phi) is 5.63. The van der Waals surface area contributed by atoms with Crippen molar-refractivity contribution in [1.29, 1.82) is 0 Å². The molecule has 0 bridgehead atoms. The Balaban J connectivity index is 2.59. The van der Waals surface area contributed by atoms with Crippen LogP contribution >= 0.6 is 27.3 Å². The molecule has 98 valence electrons. The zero-order chi connectivity index (χ0) is 13.1. The maximum Gasteiger partial charge on any atom is 0.214 e. The molecule has 0 spiro atoms. The molecule has 1 rings (SSSR count). The Bertz CT molecular complexity index is 454. The molecule has 0 saturated carbocycles. The summed E-state index contributed by atoms with van der Waals surface area (Å²) in [4.78, 5) is 0. The van der Waals surface area contributed by atoms with Gasteiger partial charge in [0, 0.05) is 13.6 Å². The van der Waals surface area contributed by atoms with E-state index in [1.165, 1.54) is 4.31 Å². The molecular weight excluding hydrogens is 322 g/mol. The first-order valence-electron chi connectivity index (χ1n) is 5.48. The average Bonchev–Trinajstić information content (AvgIpc) is 2.61. The normalized spacial score (nSPS) is 12.6. The Labute approximate surface area is 116 Å². The maximum absolute atomic E-state index is 12.0. The topological polar surface area (TPSA) is 37.4 Å². The number of halogens is 1. The number of thiophene rings is 1. The van der Waals surface area contributed by atoms with Gasteiger partial charge in [0.05, 0.1) is 9.54 Å². The number of nitrogens with zero attached hydrogens (tertiary/aromatic N) is 1. The number of hydrogen-bond donors (Lipinski definition) is 0. The van der Waals surface area contributed by atoms with Crippen LogP contribution in [0.1, 0.15) is 25.8 Å². The van der Waals surface area contributed by atoms with Crippen molar-refractivity contribution < 1.29 is 8.42 Å². The second-order valence-corrected chi connectivity index (χ2v) is 9.00. The molecule has 3 nitrogen and oxygen atoms in total. The molecule has 0 atom stereocenters. The van der Waals surface area contributed by atoms with Gasteiger partial charge in [0.25, 0.3) is 0 Å². The molecule has 0 radical (unpaired) electrons. The Morgan fingerprint density at radius 1 is 1.47 bits per heavy atom. The van der Waals surface area contributed by atoms with Crippen LogP contribution in [-0.4, -0.2) is 25.5 Å². The first-order chi connectivity index (χ1) is 7.81. The second-order valence-electron chi connectivity index (χ2n) is 4.51. The molecule has 0 aliphatic rings.